The highest BCUT2D eigenvalue weighted by atomic mass is 16.5. The molecule has 3 aromatic carbocycles. The molecule has 0 fully saturated rings. The zero-order valence-electron chi connectivity index (χ0n) is 20.4. The van der Waals surface area contributed by atoms with Gasteiger partial charge >= 0.3 is 0 Å². The van der Waals surface area contributed by atoms with E-state index in [2.05, 4.69) is 34.1 Å². The molecule has 1 atom stereocenters. The predicted octanol–water partition coefficient (Wildman–Crippen LogP) is 4.95. The maximum Gasteiger partial charge on any atom is 0.298 e. The van der Waals surface area contributed by atoms with E-state index in [1.807, 2.05) is 18.2 Å². The Hall–Kier alpha value is -3.97. The molecule has 1 N–H and O–H groups in total. The van der Waals surface area contributed by atoms with Gasteiger partial charge in [-0.15, -0.1) is 0 Å². The van der Waals surface area contributed by atoms with Gasteiger partial charge in [-0.1, -0.05) is 12.1 Å². The van der Waals surface area contributed by atoms with Gasteiger partial charge in [0.1, 0.15) is 18.1 Å². The first-order chi connectivity index (χ1) is 17.7. The molecule has 0 saturated heterocycles. The number of aromatic nitrogens is 1. The van der Waals surface area contributed by atoms with Crippen molar-refractivity contribution in [3.05, 3.63) is 82.5 Å². The Kier molecular flexibility index (Phi) is 5.77. The lowest BCUT2D eigenvalue weighted by atomic mass is 9.85. The monoisotopic (exact) mass is 484 g/mol. The molecule has 0 aliphatic carbocycles. The van der Waals surface area contributed by atoms with Gasteiger partial charge in [0.25, 0.3) is 6.47 Å². The van der Waals surface area contributed by atoms with Crippen molar-refractivity contribution in [2.45, 2.75) is 32.0 Å². The van der Waals surface area contributed by atoms with Crippen molar-refractivity contribution in [3.63, 3.8) is 0 Å². The first-order valence-electron chi connectivity index (χ1n) is 12.1. The molecule has 36 heavy (non-hydrogen) atoms. The van der Waals surface area contributed by atoms with Gasteiger partial charge in [-0.2, -0.15) is 0 Å². The molecular weight excluding hydrogens is 456 g/mol. The van der Waals surface area contributed by atoms with Crippen LogP contribution in [0.4, 0.5) is 0 Å². The highest BCUT2D eigenvalue weighted by molar-refractivity contribution is 5.86. The molecule has 0 amide bonds. The van der Waals surface area contributed by atoms with Crippen molar-refractivity contribution in [2.24, 2.45) is 0 Å². The summed E-state index contributed by atoms with van der Waals surface area (Å²) in [6.45, 7) is 2.72. The van der Waals surface area contributed by atoms with Gasteiger partial charge < -0.3 is 23.9 Å². The Morgan fingerprint density at radius 3 is 2.61 bits per heavy atom. The van der Waals surface area contributed by atoms with Crippen LogP contribution in [0.5, 0.6) is 23.0 Å². The number of nitrogens with one attached hydrogen (secondary N) is 1. The summed E-state index contributed by atoms with van der Waals surface area (Å²) in [5, 5.41) is 1.24. The van der Waals surface area contributed by atoms with Crippen molar-refractivity contribution in [2.75, 3.05) is 20.8 Å². The Morgan fingerprint density at radius 2 is 1.83 bits per heavy atom. The summed E-state index contributed by atoms with van der Waals surface area (Å²) in [6.07, 6.45) is 1.91. The predicted molar refractivity (Wildman–Crippen MR) is 136 cm³/mol. The summed E-state index contributed by atoms with van der Waals surface area (Å²) in [5.41, 5.74) is 7.42. The van der Waals surface area contributed by atoms with Crippen LogP contribution < -0.4 is 18.9 Å². The minimum atomic E-state index is 0.277. The number of benzene rings is 3. The van der Waals surface area contributed by atoms with E-state index in [1.54, 1.807) is 26.4 Å². The van der Waals surface area contributed by atoms with Crippen LogP contribution in [0.2, 0.25) is 0 Å². The summed E-state index contributed by atoms with van der Waals surface area (Å²) < 4.78 is 22.3. The average molecular weight is 485 g/mol. The molecule has 4 aromatic rings. The Bertz CT molecular complexity index is 1430. The van der Waals surface area contributed by atoms with E-state index in [0.29, 0.717) is 18.8 Å². The van der Waals surface area contributed by atoms with E-state index in [9.17, 15) is 4.79 Å². The first-order valence-corrected chi connectivity index (χ1v) is 12.1. The van der Waals surface area contributed by atoms with Crippen molar-refractivity contribution in [1.29, 1.82) is 0 Å². The molecule has 1 unspecified atom stereocenters. The maximum absolute atomic E-state index is 10.5. The standard InChI is InChI=1S/C29H28N2O5/c1-33-21-7-8-25-23(12-21)24-13-27-22-14-29(35-16-18-3-5-20(6-4-18)36-17-32)28(34-2)11-19(22)9-10-31(27)15-26(24)30-25/h3-8,11-12,14,17,27,30H,9-10,13,15-16H2,1-2H3. The molecule has 7 nitrogen and oxygen atoms in total. The number of aromatic amines is 1. The third kappa shape index (κ3) is 3.95. The van der Waals surface area contributed by atoms with Crippen molar-refractivity contribution in [1.82, 2.24) is 9.88 Å². The third-order valence-corrected chi connectivity index (χ3v) is 7.36. The molecule has 3 heterocycles. The molecule has 184 valence electrons. The summed E-state index contributed by atoms with van der Waals surface area (Å²) in [6, 6.07) is 18.1. The molecule has 2 aliphatic rings. The van der Waals surface area contributed by atoms with Crippen LogP contribution in [0.3, 0.4) is 0 Å². The van der Waals surface area contributed by atoms with E-state index in [4.69, 9.17) is 18.9 Å². The maximum atomic E-state index is 10.5. The van der Waals surface area contributed by atoms with Crippen LogP contribution in [-0.4, -0.2) is 37.1 Å². The fourth-order valence-electron chi connectivity index (χ4n) is 5.52. The normalized spacial score (nSPS) is 16.6. The summed E-state index contributed by atoms with van der Waals surface area (Å²) in [7, 11) is 3.39. The lowest BCUT2D eigenvalue weighted by molar-refractivity contribution is -0.120. The third-order valence-electron chi connectivity index (χ3n) is 7.36. The van der Waals surface area contributed by atoms with Gasteiger partial charge in [-0.3, -0.25) is 9.69 Å². The minimum absolute atomic E-state index is 0.277. The molecule has 6 rings (SSSR count). The smallest absolute Gasteiger partial charge is 0.298 e. The summed E-state index contributed by atoms with van der Waals surface area (Å²) in [4.78, 5) is 16.7. The quantitative estimate of drug-likeness (QED) is 0.374. The molecule has 2 aliphatic heterocycles. The van der Waals surface area contributed by atoms with Crippen LogP contribution in [-0.2, 0) is 30.8 Å². The van der Waals surface area contributed by atoms with Gasteiger partial charge in [-0.05, 0) is 77.6 Å². The fraction of sp³-hybridized carbons (Fsp3) is 0.276. The van der Waals surface area contributed by atoms with Crippen LogP contribution in [0.25, 0.3) is 10.9 Å². The minimum Gasteiger partial charge on any atom is -0.497 e. The number of ether oxygens (including phenoxy) is 4. The van der Waals surface area contributed by atoms with Gasteiger partial charge in [0, 0.05) is 35.7 Å². The van der Waals surface area contributed by atoms with Crippen LogP contribution >= 0.6 is 0 Å². The lowest BCUT2D eigenvalue weighted by Crippen LogP contribution is -2.39. The SMILES string of the molecule is COc1ccc2[nH]c3c(c2c1)CC1c2cc(OCc4ccc(OC=O)cc4)c(OC)cc2CCN1C3. The van der Waals surface area contributed by atoms with E-state index >= 15 is 0 Å². The number of nitrogens with zero attached hydrogens (tertiary/aromatic N) is 1. The topological polar surface area (TPSA) is 73.0 Å². The summed E-state index contributed by atoms with van der Waals surface area (Å²) in [5.74, 6) is 2.86. The zero-order valence-corrected chi connectivity index (χ0v) is 20.4. The second-order valence-electron chi connectivity index (χ2n) is 9.28. The second kappa shape index (κ2) is 9.24. The zero-order chi connectivity index (χ0) is 24.6. The molecule has 0 radical (unpaired) electrons. The fourth-order valence-corrected chi connectivity index (χ4v) is 5.52. The number of fused-ring (bicyclic) bond motifs is 6. The van der Waals surface area contributed by atoms with Crippen molar-refractivity contribution < 1.29 is 23.7 Å². The molecule has 7 heteroatoms. The van der Waals surface area contributed by atoms with Crippen molar-refractivity contribution in [3.8, 4) is 23.0 Å². The Morgan fingerprint density at radius 1 is 1.00 bits per heavy atom. The van der Waals surface area contributed by atoms with E-state index < -0.39 is 0 Å². The van der Waals surface area contributed by atoms with E-state index in [0.717, 1.165) is 54.3 Å². The van der Waals surface area contributed by atoms with Crippen LogP contribution in [0.1, 0.15) is 34.0 Å². The van der Waals surface area contributed by atoms with Gasteiger partial charge in [0.15, 0.2) is 11.5 Å². The molecule has 1 aromatic heterocycles. The number of methoxy groups -OCH3 is 2. The Balaban J connectivity index is 1.30. The Labute approximate surface area is 209 Å². The number of hydrogen-bond donors (Lipinski definition) is 1. The number of H-pyrrole nitrogens is 1. The molecule has 0 spiro atoms. The van der Waals surface area contributed by atoms with Gasteiger partial charge in [0.05, 0.1) is 14.2 Å². The number of carbonyl (C=O) groups excluding carboxylic acids is 1. The van der Waals surface area contributed by atoms with Crippen molar-refractivity contribution >= 4 is 17.4 Å². The number of hydrogen-bond acceptors (Lipinski definition) is 6. The largest absolute Gasteiger partial charge is 0.497 e. The van der Waals surface area contributed by atoms with Crippen LogP contribution in [0, 0.1) is 0 Å². The van der Waals surface area contributed by atoms with Crippen LogP contribution in [0.15, 0.2) is 54.6 Å². The number of carbonyl (C=O) groups is 1. The van der Waals surface area contributed by atoms with E-state index in [1.165, 1.54) is 27.8 Å². The highest BCUT2D eigenvalue weighted by Crippen LogP contribution is 2.44. The van der Waals surface area contributed by atoms with Gasteiger partial charge in [0.2, 0.25) is 0 Å². The first kappa shape index (κ1) is 22.5. The molecular formula is C29H28N2O5. The second-order valence-corrected chi connectivity index (χ2v) is 9.28. The van der Waals surface area contributed by atoms with Gasteiger partial charge in [-0.25, -0.2) is 0 Å². The van der Waals surface area contributed by atoms with E-state index in [-0.39, 0.29) is 6.04 Å². The molecule has 0 bridgehead atoms. The summed E-state index contributed by atoms with van der Waals surface area (Å²) >= 11 is 0. The number of rotatable bonds is 7. The lowest BCUT2D eigenvalue weighted by Gasteiger charge is -2.40. The molecule has 0 saturated carbocycles. The highest BCUT2D eigenvalue weighted by Gasteiger charge is 2.34. The average Bonchev–Trinajstić information content (AvgIpc) is 3.27.